The van der Waals surface area contributed by atoms with Crippen LogP contribution in [0.25, 0.3) is 0 Å². The maximum Gasteiger partial charge on any atom is 0.287 e. The van der Waals surface area contributed by atoms with Gasteiger partial charge in [-0.05, 0) is 19.8 Å². The van der Waals surface area contributed by atoms with Crippen molar-refractivity contribution in [3.63, 3.8) is 0 Å². The van der Waals surface area contributed by atoms with Gasteiger partial charge in [0.1, 0.15) is 0 Å². The Morgan fingerprint density at radius 2 is 1.82 bits per heavy atom. The first kappa shape index (κ1) is 15.5. The number of amides is 3. The average molecular weight is 308 g/mol. The van der Waals surface area contributed by atoms with Crippen molar-refractivity contribution >= 4 is 17.7 Å². The molecule has 1 atom stereocenters. The number of nitrogens with zero attached hydrogens (tertiary/aromatic N) is 2. The molecule has 122 valence electrons. The highest BCUT2D eigenvalue weighted by Gasteiger charge is 2.45. The van der Waals surface area contributed by atoms with Gasteiger partial charge >= 0.3 is 0 Å². The summed E-state index contributed by atoms with van der Waals surface area (Å²) in [6.45, 7) is 5.78. The van der Waals surface area contributed by atoms with Crippen LogP contribution in [0.2, 0.25) is 0 Å². The molecule has 6 heteroatoms. The van der Waals surface area contributed by atoms with Gasteiger partial charge in [-0.2, -0.15) is 0 Å². The van der Waals surface area contributed by atoms with E-state index in [-0.39, 0.29) is 23.8 Å². The fourth-order valence-corrected chi connectivity index (χ4v) is 4.11. The third-order valence-electron chi connectivity index (χ3n) is 5.45. The van der Waals surface area contributed by atoms with Crippen molar-refractivity contribution in [3.8, 4) is 0 Å². The molecule has 0 bridgehead atoms. The summed E-state index contributed by atoms with van der Waals surface area (Å²) >= 11 is 0. The lowest BCUT2D eigenvalue weighted by Gasteiger charge is -2.33. The van der Waals surface area contributed by atoms with Crippen molar-refractivity contribution in [1.29, 1.82) is 0 Å². The van der Waals surface area contributed by atoms with Gasteiger partial charge in [0, 0.05) is 38.4 Å². The molecule has 0 radical (unpaired) electrons. The van der Waals surface area contributed by atoms with Crippen LogP contribution in [0, 0.1) is 5.92 Å². The summed E-state index contributed by atoms with van der Waals surface area (Å²) in [6.07, 6.45) is 4.28. The molecule has 3 aliphatic heterocycles. The van der Waals surface area contributed by atoms with Crippen molar-refractivity contribution in [2.45, 2.75) is 45.1 Å². The van der Waals surface area contributed by atoms with E-state index in [0.717, 1.165) is 51.9 Å². The maximum atomic E-state index is 12.4. The lowest BCUT2D eigenvalue weighted by molar-refractivity contribution is -0.920. The zero-order valence-corrected chi connectivity index (χ0v) is 13.3. The van der Waals surface area contributed by atoms with Crippen molar-refractivity contribution in [1.82, 2.24) is 9.80 Å². The van der Waals surface area contributed by atoms with Gasteiger partial charge in [-0.15, -0.1) is 0 Å². The van der Waals surface area contributed by atoms with Crippen LogP contribution in [0.3, 0.4) is 0 Å². The number of nitrogens with one attached hydrogen (secondary N) is 1. The molecule has 0 aromatic carbocycles. The van der Waals surface area contributed by atoms with Crippen LogP contribution in [-0.2, 0) is 14.4 Å². The SMILES string of the molecule is CCN1C(=O)C[C@H]([NH+]2CCC(C(=O)N3CCCC3)CC2)C1=O. The number of imide groups is 1. The highest BCUT2D eigenvalue weighted by atomic mass is 16.2. The van der Waals surface area contributed by atoms with Crippen LogP contribution < -0.4 is 4.90 Å². The normalized spacial score (nSPS) is 32.9. The van der Waals surface area contributed by atoms with E-state index in [1.165, 1.54) is 9.80 Å². The number of hydrogen-bond donors (Lipinski definition) is 1. The minimum atomic E-state index is -0.213. The number of quaternary nitrogens is 1. The average Bonchev–Trinajstić information content (AvgIpc) is 3.15. The second-order valence-corrected chi connectivity index (χ2v) is 6.70. The topological polar surface area (TPSA) is 62.1 Å². The Hall–Kier alpha value is -1.43. The Balaban J connectivity index is 1.54. The first-order valence-electron chi connectivity index (χ1n) is 8.59. The van der Waals surface area contributed by atoms with Crippen molar-refractivity contribution in [2.75, 3.05) is 32.7 Å². The van der Waals surface area contributed by atoms with Gasteiger partial charge in [-0.25, -0.2) is 0 Å². The van der Waals surface area contributed by atoms with Crippen LogP contribution in [0.5, 0.6) is 0 Å². The standard InChI is InChI=1S/C16H25N3O3/c1-2-19-14(20)11-13(16(19)22)17-9-5-12(6-10-17)15(21)18-7-3-4-8-18/h12-13H,2-11H2,1H3/p+1/t13-/m0/s1. The molecule has 0 spiro atoms. The molecule has 1 N–H and O–H groups in total. The second-order valence-electron chi connectivity index (χ2n) is 6.70. The lowest BCUT2D eigenvalue weighted by atomic mass is 9.94. The summed E-state index contributed by atoms with van der Waals surface area (Å²) in [4.78, 5) is 41.1. The third-order valence-corrected chi connectivity index (χ3v) is 5.45. The number of likely N-dealkylation sites (N-methyl/N-ethyl adjacent to an activating group) is 1. The molecule has 3 heterocycles. The monoisotopic (exact) mass is 308 g/mol. The van der Waals surface area contributed by atoms with Gasteiger partial charge in [0.25, 0.3) is 5.91 Å². The van der Waals surface area contributed by atoms with Crippen molar-refractivity contribution < 1.29 is 19.3 Å². The summed E-state index contributed by atoms with van der Waals surface area (Å²) in [7, 11) is 0. The number of carbonyl (C=O) groups is 3. The third kappa shape index (κ3) is 2.76. The lowest BCUT2D eigenvalue weighted by Crippen LogP contribution is -3.17. The predicted octanol–water partition coefficient (Wildman–Crippen LogP) is -0.949. The molecule has 0 unspecified atom stereocenters. The minimum absolute atomic E-state index is 0.0215. The van der Waals surface area contributed by atoms with Gasteiger partial charge in [0.2, 0.25) is 11.8 Å². The summed E-state index contributed by atoms with van der Waals surface area (Å²) in [5, 5.41) is 0. The zero-order valence-electron chi connectivity index (χ0n) is 13.3. The first-order chi connectivity index (χ1) is 10.6. The number of likely N-dealkylation sites (tertiary alicyclic amines) is 3. The molecule has 0 aliphatic carbocycles. The largest absolute Gasteiger partial charge is 0.342 e. The first-order valence-corrected chi connectivity index (χ1v) is 8.59. The van der Waals surface area contributed by atoms with Gasteiger partial charge in [0.05, 0.1) is 19.5 Å². The Morgan fingerprint density at radius 1 is 1.18 bits per heavy atom. The number of carbonyl (C=O) groups excluding carboxylic acids is 3. The summed E-state index contributed by atoms with van der Waals surface area (Å²) in [6, 6.07) is -0.213. The molecule has 6 nitrogen and oxygen atoms in total. The van der Waals surface area contributed by atoms with E-state index in [1.54, 1.807) is 0 Å². The Morgan fingerprint density at radius 3 is 2.36 bits per heavy atom. The molecule has 3 saturated heterocycles. The van der Waals surface area contributed by atoms with Crippen LogP contribution in [0.1, 0.15) is 39.0 Å². The number of hydrogen-bond acceptors (Lipinski definition) is 3. The second kappa shape index (κ2) is 6.36. The summed E-state index contributed by atoms with van der Waals surface area (Å²) in [5.41, 5.74) is 0. The minimum Gasteiger partial charge on any atom is -0.342 e. The van der Waals surface area contributed by atoms with Crippen LogP contribution in [0.4, 0.5) is 0 Å². The Labute approximate surface area is 131 Å². The Kier molecular flexibility index (Phi) is 4.47. The van der Waals surface area contributed by atoms with Gasteiger partial charge in [0.15, 0.2) is 6.04 Å². The highest BCUT2D eigenvalue weighted by molar-refractivity contribution is 6.04. The molecule has 3 rings (SSSR count). The van der Waals surface area contributed by atoms with Crippen molar-refractivity contribution in [3.05, 3.63) is 0 Å². The molecule has 22 heavy (non-hydrogen) atoms. The Bertz CT molecular complexity index is 465. The summed E-state index contributed by atoms with van der Waals surface area (Å²) < 4.78 is 0. The van der Waals surface area contributed by atoms with E-state index in [9.17, 15) is 14.4 Å². The number of piperidine rings is 1. The van der Waals surface area contributed by atoms with E-state index in [4.69, 9.17) is 0 Å². The van der Waals surface area contributed by atoms with Gasteiger partial charge in [-0.1, -0.05) is 0 Å². The molecule has 3 amide bonds. The molecular weight excluding hydrogens is 282 g/mol. The summed E-state index contributed by atoms with van der Waals surface area (Å²) in [5.74, 6) is 0.365. The molecule has 3 aliphatic rings. The van der Waals surface area contributed by atoms with E-state index < -0.39 is 0 Å². The van der Waals surface area contributed by atoms with Gasteiger partial charge < -0.3 is 9.80 Å². The predicted molar refractivity (Wildman–Crippen MR) is 80.0 cm³/mol. The van der Waals surface area contributed by atoms with Crippen LogP contribution >= 0.6 is 0 Å². The molecular formula is C16H26N3O3+. The van der Waals surface area contributed by atoms with E-state index in [0.29, 0.717) is 18.9 Å². The van der Waals surface area contributed by atoms with Crippen LogP contribution in [0.15, 0.2) is 0 Å². The van der Waals surface area contributed by atoms with E-state index in [2.05, 4.69) is 0 Å². The fraction of sp³-hybridized carbons (Fsp3) is 0.812. The maximum absolute atomic E-state index is 12.4. The molecule has 0 saturated carbocycles. The van der Waals surface area contributed by atoms with Gasteiger partial charge in [-0.3, -0.25) is 19.3 Å². The van der Waals surface area contributed by atoms with E-state index >= 15 is 0 Å². The fourth-order valence-electron chi connectivity index (χ4n) is 4.11. The smallest absolute Gasteiger partial charge is 0.287 e. The molecule has 0 aromatic rings. The van der Waals surface area contributed by atoms with E-state index in [1.807, 2.05) is 11.8 Å². The highest BCUT2D eigenvalue weighted by Crippen LogP contribution is 2.19. The van der Waals surface area contributed by atoms with Crippen LogP contribution in [-0.4, -0.2) is 66.3 Å². The quantitative estimate of drug-likeness (QED) is 0.684. The number of rotatable bonds is 3. The van der Waals surface area contributed by atoms with Crippen molar-refractivity contribution in [2.24, 2.45) is 5.92 Å². The molecule has 0 aromatic heterocycles. The molecule has 3 fully saturated rings. The zero-order chi connectivity index (χ0) is 15.7.